The van der Waals surface area contributed by atoms with Gasteiger partial charge in [-0.1, -0.05) is 11.3 Å². The van der Waals surface area contributed by atoms with Gasteiger partial charge >= 0.3 is 0 Å². The van der Waals surface area contributed by atoms with Gasteiger partial charge in [0.1, 0.15) is 10.7 Å². The van der Waals surface area contributed by atoms with Crippen molar-refractivity contribution in [3.63, 3.8) is 0 Å². The summed E-state index contributed by atoms with van der Waals surface area (Å²) >= 11 is 1.39. The monoisotopic (exact) mass is 336 g/mol. The van der Waals surface area contributed by atoms with E-state index in [1.54, 1.807) is 12.4 Å². The number of carbonyl (C=O) groups is 1. The molecule has 0 saturated carbocycles. The predicted octanol–water partition coefficient (Wildman–Crippen LogP) is 2.25. The highest BCUT2D eigenvalue weighted by atomic mass is 32.1. The fourth-order valence-electron chi connectivity index (χ4n) is 2.54. The molecule has 0 fully saturated rings. The standard InChI is InChI=1S/C16H12N6OS/c1-22-6-4-9-7-11(19-12(13(9)22)14(17)23)16-21-20-15(24-16)10-3-2-5-18-8-10/h2-8H,1H3,(H2,17,23). The molecule has 0 atom stereocenters. The quantitative estimate of drug-likeness (QED) is 0.618. The molecule has 118 valence electrons. The maximum atomic E-state index is 11.8. The fourth-order valence-corrected chi connectivity index (χ4v) is 3.33. The number of primary amides is 1. The first kappa shape index (κ1) is 14.5. The van der Waals surface area contributed by atoms with Crippen molar-refractivity contribution in [2.24, 2.45) is 12.8 Å². The number of amides is 1. The molecule has 0 radical (unpaired) electrons. The molecule has 0 unspecified atom stereocenters. The Hall–Kier alpha value is -3.13. The zero-order valence-corrected chi connectivity index (χ0v) is 13.5. The summed E-state index contributed by atoms with van der Waals surface area (Å²) in [6, 6.07) is 7.56. The third kappa shape index (κ3) is 2.33. The van der Waals surface area contributed by atoms with Crippen molar-refractivity contribution in [3.8, 4) is 21.3 Å². The van der Waals surface area contributed by atoms with Gasteiger partial charge in [0, 0.05) is 36.6 Å². The lowest BCUT2D eigenvalue weighted by atomic mass is 10.2. The third-order valence-corrected chi connectivity index (χ3v) is 4.63. The molecule has 0 aliphatic heterocycles. The number of pyridine rings is 2. The zero-order chi connectivity index (χ0) is 16.7. The number of fused-ring (bicyclic) bond motifs is 1. The molecular weight excluding hydrogens is 324 g/mol. The number of nitrogens with zero attached hydrogens (tertiary/aromatic N) is 5. The fraction of sp³-hybridized carbons (Fsp3) is 0.0625. The number of aromatic nitrogens is 5. The summed E-state index contributed by atoms with van der Waals surface area (Å²) in [7, 11) is 1.85. The maximum absolute atomic E-state index is 11.8. The molecule has 0 spiro atoms. The maximum Gasteiger partial charge on any atom is 0.269 e. The van der Waals surface area contributed by atoms with E-state index in [1.165, 1.54) is 11.3 Å². The molecule has 24 heavy (non-hydrogen) atoms. The summed E-state index contributed by atoms with van der Waals surface area (Å²) in [5, 5.41) is 10.6. The average molecular weight is 336 g/mol. The molecule has 2 N–H and O–H groups in total. The van der Waals surface area contributed by atoms with Crippen molar-refractivity contribution in [1.82, 2.24) is 24.7 Å². The first-order chi connectivity index (χ1) is 11.6. The van der Waals surface area contributed by atoms with Crippen LogP contribution in [0.1, 0.15) is 10.5 Å². The highest BCUT2D eigenvalue weighted by molar-refractivity contribution is 7.17. The molecule has 4 heterocycles. The second-order valence-corrected chi connectivity index (χ2v) is 6.22. The van der Waals surface area contributed by atoms with Crippen LogP contribution in [-0.4, -0.2) is 30.6 Å². The molecule has 0 aromatic carbocycles. The van der Waals surface area contributed by atoms with Crippen LogP contribution in [0.2, 0.25) is 0 Å². The van der Waals surface area contributed by atoms with Crippen molar-refractivity contribution < 1.29 is 4.79 Å². The molecule has 0 bridgehead atoms. The summed E-state index contributed by atoms with van der Waals surface area (Å²) < 4.78 is 1.83. The minimum absolute atomic E-state index is 0.230. The van der Waals surface area contributed by atoms with Crippen LogP contribution >= 0.6 is 11.3 Å². The van der Waals surface area contributed by atoms with E-state index in [4.69, 9.17) is 5.73 Å². The van der Waals surface area contributed by atoms with E-state index in [1.807, 2.05) is 42.1 Å². The third-order valence-electron chi connectivity index (χ3n) is 3.64. The van der Waals surface area contributed by atoms with Gasteiger partial charge in [-0.15, -0.1) is 10.2 Å². The Morgan fingerprint density at radius 2 is 2.08 bits per heavy atom. The van der Waals surface area contributed by atoms with Gasteiger partial charge in [-0.25, -0.2) is 4.98 Å². The Balaban J connectivity index is 1.86. The van der Waals surface area contributed by atoms with Gasteiger partial charge in [-0.3, -0.25) is 9.78 Å². The average Bonchev–Trinajstić information content (AvgIpc) is 3.22. The Morgan fingerprint density at radius 3 is 2.83 bits per heavy atom. The van der Waals surface area contributed by atoms with Crippen LogP contribution in [0.3, 0.4) is 0 Å². The van der Waals surface area contributed by atoms with Crippen LogP contribution in [0.25, 0.3) is 32.2 Å². The topological polar surface area (TPSA) is 99.6 Å². The van der Waals surface area contributed by atoms with Gasteiger partial charge in [0.2, 0.25) is 0 Å². The Kier molecular flexibility index (Phi) is 3.31. The first-order valence-corrected chi connectivity index (χ1v) is 7.95. The summed E-state index contributed by atoms with van der Waals surface area (Å²) in [4.78, 5) is 20.3. The van der Waals surface area contributed by atoms with Crippen molar-refractivity contribution in [1.29, 1.82) is 0 Å². The molecule has 7 nitrogen and oxygen atoms in total. The number of hydrogen-bond acceptors (Lipinski definition) is 6. The lowest BCUT2D eigenvalue weighted by molar-refractivity contribution is 0.0997. The molecule has 1 amide bonds. The number of nitrogens with two attached hydrogens (primary N) is 1. The number of aryl methyl sites for hydroxylation is 1. The van der Waals surface area contributed by atoms with Gasteiger partial charge in [0.25, 0.3) is 5.91 Å². The molecule has 4 aromatic rings. The van der Waals surface area contributed by atoms with Crippen LogP contribution in [0, 0.1) is 0 Å². The van der Waals surface area contributed by atoms with Gasteiger partial charge in [-0.2, -0.15) is 0 Å². The largest absolute Gasteiger partial charge is 0.364 e. The minimum atomic E-state index is -0.569. The Labute approximate surface area is 140 Å². The zero-order valence-electron chi connectivity index (χ0n) is 12.7. The van der Waals surface area contributed by atoms with Crippen molar-refractivity contribution >= 4 is 28.1 Å². The van der Waals surface area contributed by atoms with Crippen molar-refractivity contribution in [2.75, 3.05) is 0 Å². The normalized spacial score (nSPS) is 11.0. The van der Waals surface area contributed by atoms with E-state index in [2.05, 4.69) is 20.2 Å². The van der Waals surface area contributed by atoms with E-state index in [9.17, 15) is 4.79 Å². The van der Waals surface area contributed by atoms with Crippen LogP contribution in [0.15, 0.2) is 42.9 Å². The SMILES string of the molecule is Cn1ccc2cc(-c3nnc(-c4cccnc4)s3)nc(C(N)=O)c21. The van der Waals surface area contributed by atoms with Crippen LogP contribution < -0.4 is 5.73 Å². The van der Waals surface area contributed by atoms with Gasteiger partial charge in [0.15, 0.2) is 10.7 Å². The summed E-state index contributed by atoms with van der Waals surface area (Å²) in [5.41, 5.74) is 7.90. The smallest absolute Gasteiger partial charge is 0.269 e. The summed E-state index contributed by atoms with van der Waals surface area (Å²) in [6.07, 6.45) is 5.30. The number of carbonyl (C=O) groups excluding carboxylic acids is 1. The molecule has 0 aliphatic rings. The second kappa shape index (κ2) is 5.50. The van der Waals surface area contributed by atoms with E-state index in [0.717, 1.165) is 16.0 Å². The molecule has 0 aliphatic carbocycles. The minimum Gasteiger partial charge on any atom is -0.364 e. The van der Waals surface area contributed by atoms with Crippen LogP contribution in [0.5, 0.6) is 0 Å². The number of hydrogen-bond donors (Lipinski definition) is 1. The molecule has 4 aromatic heterocycles. The highest BCUT2D eigenvalue weighted by Crippen LogP contribution is 2.31. The summed E-state index contributed by atoms with van der Waals surface area (Å²) in [5.74, 6) is -0.569. The molecule has 8 heteroatoms. The molecule has 0 saturated heterocycles. The van der Waals surface area contributed by atoms with E-state index in [-0.39, 0.29) is 5.69 Å². The summed E-state index contributed by atoms with van der Waals surface area (Å²) in [6.45, 7) is 0. The van der Waals surface area contributed by atoms with Gasteiger partial charge < -0.3 is 10.3 Å². The second-order valence-electron chi connectivity index (χ2n) is 5.24. The van der Waals surface area contributed by atoms with Crippen LogP contribution in [-0.2, 0) is 7.05 Å². The predicted molar refractivity (Wildman–Crippen MR) is 91.4 cm³/mol. The Morgan fingerprint density at radius 1 is 1.25 bits per heavy atom. The number of rotatable bonds is 3. The lowest BCUT2D eigenvalue weighted by Gasteiger charge is -2.04. The Bertz CT molecular complexity index is 1050. The highest BCUT2D eigenvalue weighted by Gasteiger charge is 2.17. The van der Waals surface area contributed by atoms with Crippen molar-refractivity contribution in [2.45, 2.75) is 0 Å². The lowest BCUT2D eigenvalue weighted by Crippen LogP contribution is -2.15. The van der Waals surface area contributed by atoms with Gasteiger partial charge in [-0.05, 0) is 24.3 Å². The molecule has 4 rings (SSSR count). The van der Waals surface area contributed by atoms with E-state index >= 15 is 0 Å². The van der Waals surface area contributed by atoms with E-state index < -0.39 is 5.91 Å². The van der Waals surface area contributed by atoms with Crippen LogP contribution in [0.4, 0.5) is 0 Å². The first-order valence-electron chi connectivity index (χ1n) is 7.13. The van der Waals surface area contributed by atoms with Gasteiger partial charge in [0.05, 0.1) is 5.52 Å². The van der Waals surface area contributed by atoms with Crippen molar-refractivity contribution in [3.05, 3.63) is 48.5 Å². The molecular formula is C16H12N6OS. The van der Waals surface area contributed by atoms with E-state index in [0.29, 0.717) is 16.2 Å².